The minimum atomic E-state index is -3.85. The number of hydrogen-bond acceptors (Lipinski definition) is 5. The summed E-state index contributed by atoms with van der Waals surface area (Å²) in [7, 11) is -3.85. The van der Waals surface area contributed by atoms with E-state index < -0.39 is 15.6 Å². The van der Waals surface area contributed by atoms with E-state index in [1.165, 1.54) is 16.1 Å². The Morgan fingerprint density at radius 1 is 1.29 bits per heavy atom. The van der Waals surface area contributed by atoms with Crippen molar-refractivity contribution >= 4 is 21.8 Å². The van der Waals surface area contributed by atoms with E-state index in [9.17, 15) is 18.9 Å². The lowest BCUT2D eigenvalue weighted by molar-refractivity contribution is 0.283. The van der Waals surface area contributed by atoms with E-state index in [0.717, 1.165) is 12.0 Å². The number of benzene rings is 1. The molecule has 1 heterocycles. The molecule has 1 unspecified atom stereocenters. The van der Waals surface area contributed by atoms with E-state index >= 15 is 0 Å². The first kappa shape index (κ1) is 18.4. The van der Waals surface area contributed by atoms with Gasteiger partial charge < -0.3 is 0 Å². The van der Waals surface area contributed by atoms with E-state index in [1.807, 2.05) is 32.9 Å². The SMILES string of the molecule is CCCC1(C)CSC(=C(C#N)C#N)N1S(=O)(=O)c1ccc(C)cc1. The van der Waals surface area contributed by atoms with Gasteiger partial charge in [0, 0.05) is 5.75 Å². The van der Waals surface area contributed by atoms with Crippen LogP contribution in [-0.4, -0.2) is 24.0 Å². The van der Waals surface area contributed by atoms with Gasteiger partial charge in [0.15, 0.2) is 5.57 Å². The predicted molar refractivity (Wildman–Crippen MR) is 94.2 cm³/mol. The fraction of sp³-hybridized carbons (Fsp3) is 0.412. The maximum absolute atomic E-state index is 13.2. The van der Waals surface area contributed by atoms with Gasteiger partial charge in [-0.15, -0.1) is 11.8 Å². The molecule has 24 heavy (non-hydrogen) atoms. The van der Waals surface area contributed by atoms with Crippen LogP contribution in [0.2, 0.25) is 0 Å². The molecular weight excluding hydrogens is 342 g/mol. The summed E-state index contributed by atoms with van der Waals surface area (Å²) >= 11 is 1.26. The van der Waals surface area contributed by atoms with E-state index in [1.54, 1.807) is 24.3 Å². The van der Waals surface area contributed by atoms with Gasteiger partial charge in [0.2, 0.25) is 0 Å². The Morgan fingerprint density at radius 3 is 2.38 bits per heavy atom. The molecular formula is C17H19N3O2S2. The maximum atomic E-state index is 13.2. The second-order valence-corrected chi connectivity index (χ2v) is 8.77. The summed E-state index contributed by atoms with van der Waals surface area (Å²) in [4.78, 5) is 0.172. The lowest BCUT2D eigenvalue weighted by Crippen LogP contribution is -2.46. The molecule has 0 bridgehead atoms. The zero-order valence-corrected chi connectivity index (χ0v) is 15.5. The van der Waals surface area contributed by atoms with Crippen molar-refractivity contribution in [2.75, 3.05) is 5.75 Å². The lowest BCUT2D eigenvalue weighted by atomic mass is 9.99. The molecule has 1 saturated heterocycles. The monoisotopic (exact) mass is 361 g/mol. The van der Waals surface area contributed by atoms with Crippen LogP contribution < -0.4 is 0 Å². The highest BCUT2D eigenvalue weighted by molar-refractivity contribution is 8.04. The first-order chi connectivity index (χ1) is 11.3. The van der Waals surface area contributed by atoms with Gasteiger partial charge in [-0.1, -0.05) is 31.0 Å². The minimum Gasteiger partial charge on any atom is -0.252 e. The van der Waals surface area contributed by atoms with Gasteiger partial charge in [-0.2, -0.15) is 10.5 Å². The molecule has 7 heteroatoms. The molecule has 5 nitrogen and oxygen atoms in total. The van der Waals surface area contributed by atoms with Crippen molar-refractivity contribution in [2.24, 2.45) is 0 Å². The summed E-state index contributed by atoms with van der Waals surface area (Å²) in [6.45, 7) is 5.75. The molecule has 0 spiro atoms. The van der Waals surface area contributed by atoms with Gasteiger partial charge in [0.25, 0.3) is 10.0 Å². The Hall–Kier alpha value is -1.96. The third-order valence-corrected chi connectivity index (χ3v) is 7.49. The Kier molecular flexibility index (Phi) is 5.27. The van der Waals surface area contributed by atoms with Gasteiger partial charge in [0.1, 0.15) is 17.2 Å². The van der Waals surface area contributed by atoms with Crippen LogP contribution in [0.5, 0.6) is 0 Å². The zero-order chi connectivity index (χ0) is 18.0. The number of nitrogens with zero attached hydrogens (tertiary/aromatic N) is 3. The van der Waals surface area contributed by atoms with Crippen LogP contribution in [0, 0.1) is 29.6 Å². The highest BCUT2D eigenvalue weighted by atomic mass is 32.2. The average Bonchev–Trinajstić information content (AvgIpc) is 2.87. The van der Waals surface area contributed by atoms with Crippen LogP contribution in [0.25, 0.3) is 0 Å². The molecule has 0 radical (unpaired) electrons. The van der Waals surface area contributed by atoms with Crippen LogP contribution in [0.4, 0.5) is 0 Å². The second kappa shape index (κ2) is 6.88. The van der Waals surface area contributed by atoms with Crippen molar-refractivity contribution in [3.63, 3.8) is 0 Å². The number of thioether (sulfide) groups is 1. The quantitative estimate of drug-likeness (QED) is 0.766. The molecule has 2 rings (SSSR count). The highest BCUT2D eigenvalue weighted by Gasteiger charge is 2.47. The number of sulfonamides is 1. The summed E-state index contributed by atoms with van der Waals surface area (Å²) in [6.07, 6.45) is 1.46. The van der Waals surface area contributed by atoms with Gasteiger partial charge >= 0.3 is 0 Å². The van der Waals surface area contributed by atoms with E-state index in [-0.39, 0.29) is 15.5 Å². The number of nitriles is 2. The molecule has 0 amide bonds. The first-order valence-corrected chi connectivity index (χ1v) is 10.0. The highest BCUT2D eigenvalue weighted by Crippen LogP contribution is 2.47. The van der Waals surface area contributed by atoms with E-state index in [4.69, 9.17) is 0 Å². The van der Waals surface area contributed by atoms with Gasteiger partial charge in [-0.3, -0.25) is 4.31 Å². The van der Waals surface area contributed by atoms with E-state index in [0.29, 0.717) is 12.2 Å². The first-order valence-electron chi connectivity index (χ1n) is 7.59. The Labute approximate surface area is 147 Å². The zero-order valence-electron chi connectivity index (χ0n) is 13.9. The Morgan fingerprint density at radius 2 is 1.88 bits per heavy atom. The summed E-state index contributed by atoms with van der Waals surface area (Å²) in [5, 5.41) is 18.7. The average molecular weight is 361 g/mol. The largest absolute Gasteiger partial charge is 0.265 e. The van der Waals surface area contributed by atoms with Crippen LogP contribution in [0.15, 0.2) is 39.8 Å². The summed E-state index contributed by atoms with van der Waals surface area (Å²) in [6, 6.07) is 10.3. The number of aryl methyl sites for hydroxylation is 1. The third kappa shape index (κ3) is 3.15. The normalized spacial score (nSPS) is 20.5. The molecule has 0 aliphatic carbocycles. The molecule has 0 saturated carbocycles. The Balaban J connectivity index is 2.67. The molecule has 1 fully saturated rings. The van der Waals surface area contributed by atoms with Crippen molar-refractivity contribution in [2.45, 2.75) is 44.0 Å². The molecule has 1 aliphatic rings. The molecule has 126 valence electrons. The van der Waals surface area contributed by atoms with Crippen LogP contribution >= 0.6 is 11.8 Å². The van der Waals surface area contributed by atoms with Crippen molar-refractivity contribution < 1.29 is 8.42 Å². The number of allylic oxidation sites excluding steroid dienone is 1. The minimum absolute atomic E-state index is 0.157. The van der Waals surface area contributed by atoms with Crippen molar-refractivity contribution in [1.82, 2.24) is 4.31 Å². The Bertz CT molecular complexity index is 829. The molecule has 0 aromatic heterocycles. The van der Waals surface area contributed by atoms with Crippen molar-refractivity contribution in [3.05, 3.63) is 40.4 Å². The fourth-order valence-corrected chi connectivity index (χ4v) is 6.37. The van der Waals surface area contributed by atoms with Crippen molar-refractivity contribution in [3.8, 4) is 12.1 Å². The number of rotatable bonds is 4. The van der Waals surface area contributed by atoms with Crippen molar-refractivity contribution in [1.29, 1.82) is 10.5 Å². The molecule has 0 N–H and O–H groups in total. The smallest absolute Gasteiger partial charge is 0.252 e. The van der Waals surface area contributed by atoms with Gasteiger partial charge in [-0.05, 0) is 32.4 Å². The second-order valence-electron chi connectivity index (χ2n) is 6.02. The van der Waals surface area contributed by atoms with Crippen LogP contribution in [0.1, 0.15) is 32.3 Å². The molecule has 1 aromatic carbocycles. The standard InChI is InChI=1S/C17H19N3O2S2/c1-4-9-17(3)12-23-16(14(10-18)11-19)20(17)24(21,22)15-7-5-13(2)6-8-15/h5-8H,4,9,12H2,1-3H3. The van der Waals surface area contributed by atoms with Crippen LogP contribution in [0.3, 0.4) is 0 Å². The van der Waals surface area contributed by atoms with Crippen LogP contribution in [-0.2, 0) is 10.0 Å². The topological polar surface area (TPSA) is 85.0 Å². The number of hydrogen-bond donors (Lipinski definition) is 0. The van der Waals surface area contributed by atoms with Gasteiger partial charge in [0.05, 0.1) is 10.4 Å². The summed E-state index contributed by atoms with van der Waals surface area (Å²) in [5.41, 5.74) is 0.152. The third-order valence-electron chi connectivity index (χ3n) is 3.98. The molecule has 1 aromatic rings. The molecule has 1 aliphatic heterocycles. The van der Waals surface area contributed by atoms with E-state index in [2.05, 4.69) is 0 Å². The maximum Gasteiger partial charge on any atom is 0.265 e. The lowest BCUT2D eigenvalue weighted by Gasteiger charge is -2.35. The van der Waals surface area contributed by atoms with Gasteiger partial charge in [-0.25, -0.2) is 8.42 Å². The predicted octanol–water partition coefficient (Wildman–Crippen LogP) is 3.55. The summed E-state index contributed by atoms with van der Waals surface area (Å²) in [5.74, 6) is 0.522. The molecule has 1 atom stereocenters. The summed E-state index contributed by atoms with van der Waals surface area (Å²) < 4.78 is 27.8. The fourth-order valence-electron chi connectivity index (χ4n) is 2.81.